The van der Waals surface area contributed by atoms with Gasteiger partial charge in [-0.15, -0.1) is 0 Å². The van der Waals surface area contributed by atoms with E-state index in [4.69, 9.17) is 0 Å². The standard InChI is InChI=1S/C17H26N2/c1-11-5-12(2)17(13(3)6-11)14(4)19-9-15-7-18-8-16(15)10-19/h5-6,14-16,18H,7-10H2,1-4H3. The molecule has 2 nitrogen and oxygen atoms in total. The molecule has 2 saturated heterocycles. The maximum absolute atomic E-state index is 3.53. The lowest BCUT2D eigenvalue weighted by atomic mass is 9.94. The fraction of sp³-hybridized carbons (Fsp3) is 0.647. The van der Waals surface area contributed by atoms with Crippen molar-refractivity contribution in [2.75, 3.05) is 26.2 Å². The summed E-state index contributed by atoms with van der Waals surface area (Å²) in [5, 5.41) is 3.53. The smallest absolute Gasteiger partial charge is 0.0325 e. The van der Waals surface area contributed by atoms with Crippen molar-refractivity contribution in [3.8, 4) is 0 Å². The molecular formula is C17H26N2. The van der Waals surface area contributed by atoms with E-state index in [0.29, 0.717) is 6.04 Å². The Morgan fingerprint density at radius 3 is 2.11 bits per heavy atom. The van der Waals surface area contributed by atoms with Gasteiger partial charge in [0.2, 0.25) is 0 Å². The molecule has 2 heteroatoms. The Balaban J connectivity index is 1.83. The molecule has 1 aromatic carbocycles. The van der Waals surface area contributed by atoms with E-state index in [1.165, 1.54) is 42.9 Å². The molecule has 0 amide bonds. The van der Waals surface area contributed by atoms with Crippen molar-refractivity contribution in [3.05, 3.63) is 34.4 Å². The van der Waals surface area contributed by atoms with Crippen molar-refractivity contribution in [2.24, 2.45) is 11.8 Å². The molecule has 2 aliphatic heterocycles. The van der Waals surface area contributed by atoms with Gasteiger partial charge in [-0.3, -0.25) is 4.90 Å². The van der Waals surface area contributed by atoms with E-state index in [-0.39, 0.29) is 0 Å². The highest BCUT2D eigenvalue weighted by atomic mass is 15.2. The van der Waals surface area contributed by atoms with Gasteiger partial charge < -0.3 is 5.32 Å². The van der Waals surface area contributed by atoms with Crippen molar-refractivity contribution in [1.82, 2.24) is 10.2 Å². The average molecular weight is 258 g/mol. The second-order valence-corrected chi connectivity index (χ2v) is 6.62. The van der Waals surface area contributed by atoms with Gasteiger partial charge in [0, 0.05) is 19.1 Å². The van der Waals surface area contributed by atoms with E-state index in [2.05, 4.69) is 50.0 Å². The van der Waals surface area contributed by atoms with Crippen molar-refractivity contribution >= 4 is 0 Å². The zero-order valence-corrected chi connectivity index (χ0v) is 12.7. The molecule has 2 heterocycles. The van der Waals surface area contributed by atoms with Crippen LogP contribution in [-0.4, -0.2) is 31.1 Å². The summed E-state index contributed by atoms with van der Waals surface area (Å²) in [4.78, 5) is 2.70. The first-order valence-electron chi connectivity index (χ1n) is 7.58. The van der Waals surface area contributed by atoms with Crippen LogP contribution in [0.5, 0.6) is 0 Å². The van der Waals surface area contributed by atoms with Gasteiger partial charge in [0.15, 0.2) is 0 Å². The molecule has 104 valence electrons. The topological polar surface area (TPSA) is 15.3 Å². The number of hydrogen-bond donors (Lipinski definition) is 1. The highest BCUT2D eigenvalue weighted by Crippen LogP contribution is 2.35. The molecule has 0 aliphatic carbocycles. The van der Waals surface area contributed by atoms with Crippen molar-refractivity contribution in [2.45, 2.75) is 33.7 Å². The number of aryl methyl sites for hydroxylation is 3. The van der Waals surface area contributed by atoms with E-state index < -0.39 is 0 Å². The lowest BCUT2D eigenvalue weighted by molar-refractivity contribution is 0.242. The molecule has 2 fully saturated rings. The molecule has 19 heavy (non-hydrogen) atoms. The van der Waals surface area contributed by atoms with Crippen LogP contribution in [0, 0.1) is 32.6 Å². The largest absolute Gasteiger partial charge is 0.316 e. The summed E-state index contributed by atoms with van der Waals surface area (Å²) in [6, 6.07) is 5.22. The number of nitrogens with zero attached hydrogens (tertiary/aromatic N) is 1. The number of fused-ring (bicyclic) bond motifs is 1. The van der Waals surface area contributed by atoms with Gasteiger partial charge in [-0.2, -0.15) is 0 Å². The summed E-state index contributed by atoms with van der Waals surface area (Å²) in [6.07, 6.45) is 0. The van der Waals surface area contributed by atoms with Gasteiger partial charge in [0.25, 0.3) is 0 Å². The van der Waals surface area contributed by atoms with E-state index >= 15 is 0 Å². The maximum Gasteiger partial charge on any atom is 0.0325 e. The monoisotopic (exact) mass is 258 g/mol. The van der Waals surface area contributed by atoms with Crippen molar-refractivity contribution < 1.29 is 0 Å². The van der Waals surface area contributed by atoms with Crippen molar-refractivity contribution in [3.63, 3.8) is 0 Å². The zero-order chi connectivity index (χ0) is 13.6. The van der Waals surface area contributed by atoms with Gasteiger partial charge in [-0.1, -0.05) is 17.7 Å². The van der Waals surface area contributed by atoms with E-state index in [1.807, 2.05) is 0 Å². The number of rotatable bonds is 2. The summed E-state index contributed by atoms with van der Waals surface area (Å²) >= 11 is 0. The van der Waals surface area contributed by atoms with Gasteiger partial charge in [-0.05, 0) is 69.3 Å². The SMILES string of the molecule is Cc1cc(C)c(C(C)N2CC3CNCC3C2)c(C)c1. The molecule has 1 N–H and O–H groups in total. The normalized spacial score (nSPS) is 28.6. The van der Waals surface area contributed by atoms with E-state index in [0.717, 1.165) is 11.8 Å². The van der Waals surface area contributed by atoms with Crippen molar-refractivity contribution in [1.29, 1.82) is 0 Å². The van der Waals surface area contributed by atoms with Crippen LogP contribution in [0.2, 0.25) is 0 Å². The Morgan fingerprint density at radius 1 is 1.05 bits per heavy atom. The van der Waals surface area contributed by atoms with Crippen LogP contribution in [0.25, 0.3) is 0 Å². The minimum atomic E-state index is 0.561. The number of nitrogens with one attached hydrogen (secondary N) is 1. The first-order valence-corrected chi connectivity index (χ1v) is 7.58. The van der Waals surface area contributed by atoms with Crippen LogP contribution in [-0.2, 0) is 0 Å². The molecule has 0 spiro atoms. The van der Waals surface area contributed by atoms with Crippen LogP contribution in [0.4, 0.5) is 0 Å². The second-order valence-electron chi connectivity index (χ2n) is 6.62. The molecule has 3 unspecified atom stereocenters. The highest BCUT2D eigenvalue weighted by Gasteiger charge is 2.38. The summed E-state index contributed by atoms with van der Waals surface area (Å²) < 4.78 is 0. The Bertz CT molecular complexity index is 445. The molecule has 0 aromatic heterocycles. The maximum atomic E-state index is 3.53. The second kappa shape index (κ2) is 4.92. The molecule has 0 bridgehead atoms. The molecule has 3 rings (SSSR count). The van der Waals surface area contributed by atoms with Gasteiger partial charge in [0.05, 0.1) is 0 Å². The third-order valence-electron chi connectivity index (χ3n) is 5.12. The third kappa shape index (κ3) is 2.32. The summed E-state index contributed by atoms with van der Waals surface area (Å²) in [5.74, 6) is 1.77. The van der Waals surface area contributed by atoms with E-state index in [9.17, 15) is 0 Å². The van der Waals surface area contributed by atoms with Crippen LogP contribution in [0.3, 0.4) is 0 Å². The summed E-state index contributed by atoms with van der Waals surface area (Å²) in [7, 11) is 0. The van der Waals surface area contributed by atoms with Crippen LogP contribution < -0.4 is 5.32 Å². The minimum Gasteiger partial charge on any atom is -0.316 e. The summed E-state index contributed by atoms with van der Waals surface area (Å²) in [5.41, 5.74) is 5.85. The Morgan fingerprint density at radius 2 is 1.58 bits per heavy atom. The zero-order valence-electron chi connectivity index (χ0n) is 12.7. The molecule has 2 aliphatic rings. The number of benzene rings is 1. The average Bonchev–Trinajstić information content (AvgIpc) is 2.86. The number of likely N-dealkylation sites (tertiary alicyclic amines) is 1. The summed E-state index contributed by atoms with van der Waals surface area (Å²) in [6.45, 7) is 14.1. The van der Waals surface area contributed by atoms with E-state index in [1.54, 1.807) is 5.56 Å². The molecular weight excluding hydrogens is 232 g/mol. The third-order valence-corrected chi connectivity index (χ3v) is 5.12. The van der Waals surface area contributed by atoms with Gasteiger partial charge in [-0.25, -0.2) is 0 Å². The molecule has 0 radical (unpaired) electrons. The predicted octanol–water partition coefficient (Wildman–Crippen LogP) is 2.82. The Hall–Kier alpha value is -0.860. The molecule has 1 aromatic rings. The van der Waals surface area contributed by atoms with Gasteiger partial charge >= 0.3 is 0 Å². The quantitative estimate of drug-likeness (QED) is 0.877. The van der Waals surface area contributed by atoms with Crippen LogP contribution >= 0.6 is 0 Å². The van der Waals surface area contributed by atoms with Crippen LogP contribution in [0.15, 0.2) is 12.1 Å². The first kappa shape index (κ1) is 13.1. The fourth-order valence-electron chi connectivity index (χ4n) is 4.24. The lowest BCUT2D eigenvalue weighted by Gasteiger charge is -2.28. The minimum absolute atomic E-state index is 0.561. The molecule has 3 atom stereocenters. The lowest BCUT2D eigenvalue weighted by Crippen LogP contribution is -2.29. The predicted molar refractivity (Wildman–Crippen MR) is 80.5 cm³/mol. The molecule has 0 saturated carbocycles. The highest BCUT2D eigenvalue weighted by molar-refractivity contribution is 5.39. The number of hydrogen-bond acceptors (Lipinski definition) is 2. The fourth-order valence-corrected chi connectivity index (χ4v) is 4.24. The first-order chi connectivity index (χ1) is 9.06. The Kier molecular flexibility index (Phi) is 3.40. The van der Waals surface area contributed by atoms with Crippen LogP contribution in [0.1, 0.15) is 35.2 Å². The Labute approximate surface area is 117 Å². The van der Waals surface area contributed by atoms with Gasteiger partial charge in [0.1, 0.15) is 0 Å².